The van der Waals surface area contributed by atoms with Crippen molar-refractivity contribution in [3.05, 3.63) is 64.4 Å². The van der Waals surface area contributed by atoms with Crippen molar-refractivity contribution in [2.24, 2.45) is 0 Å². The Kier molecular flexibility index (Phi) is 6.34. The highest BCUT2D eigenvalue weighted by Gasteiger charge is 2.25. The van der Waals surface area contributed by atoms with Crippen molar-refractivity contribution in [1.82, 2.24) is 24.9 Å². The lowest BCUT2D eigenvalue weighted by atomic mass is 10.1. The van der Waals surface area contributed by atoms with Crippen LogP contribution in [0.2, 0.25) is 0 Å². The number of anilines is 1. The number of nitrogens with one attached hydrogen (secondary N) is 2. The largest absolute Gasteiger partial charge is 0.358 e. The molecule has 0 saturated heterocycles. The standard InChI is InChI=1S/C18H17F5N6S/c1-3-28-7-10(9(2)26-28)6-24-18(30)25-12-4-5-29(27-12)8-11-13(19)15(21)17(23)16(22)14(11)20/h4-5,7H,3,6,8H2,1-2H3,(H2,24,25,27,30). The van der Waals surface area contributed by atoms with E-state index in [2.05, 4.69) is 20.8 Å². The van der Waals surface area contributed by atoms with E-state index in [1.54, 1.807) is 4.68 Å². The van der Waals surface area contributed by atoms with Gasteiger partial charge in [-0.25, -0.2) is 22.0 Å². The van der Waals surface area contributed by atoms with Crippen molar-refractivity contribution < 1.29 is 22.0 Å². The molecule has 2 aromatic heterocycles. The number of halogens is 5. The summed E-state index contributed by atoms with van der Waals surface area (Å²) >= 11 is 5.18. The number of rotatable bonds is 6. The number of aromatic nitrogens is 4. The third-order valence-corrected chi connectivity index (χ3v) is 4.56. The molecule has 1 aromatic carbocycles. The number of nitrogens with zero attached hydrogens (tertiary/aromatic N) is 4. The molecule has 2 heterocycles. The Morgan fingerprint density at radius 2 is 1.63 bits per heavy atom. The molecule has 0 aliphatic rings. The van der Waals surface area contributed by atoms with Crippen LogP contribution in [-0.4, -0.2) is 24.7 Å². The van der Waals surface area contributed by atoms with Crippen molar-refractivity contribution in [2.75, 3.05) is 5.32 Å². The van der Waals surface area contributed by atoms with Crippen molar-refractivity contribution in [3.63, 3.8) is 0 Å². The van der Waals surface area contributed by atoms with Crippen LogP contribution in [0.1, 0.15) is 23.7 Å². The first-order chi connectivity index (χ1) is 14.2. The minimum absolute atomic E-state index is 0.234. The second-order valence-electron chi connectivity index (χ2n) is 6.35. The Hall–Kier alpha value is -3.02. The lowest BCUT2D eigenvalue weighted by Gasteiger charge is -2.09. The van der Waals surface area contributed by atoms with Crippen molar-refractivity contribution in [1.29, 1.82) is 0 Å². The fourth-order valence-corrected chi connectivity index (χ4v) is 2.87. The Labute approximate surface area is 173 Å². The summed E-state index contributed by atoms with van der Waals surface area (Å²) in [7, 11) is 0. The van der Waals surface area contributed by atoms with E-state index in [4.69, 9.17) is 12.2 Å². The maximum Gasteiger partial charge on any atom is 0.200 e. The molecular formula is C18H17F5N6S. The second kappa shape index (κ2) is 8.78. The van der Waals surface area contributed by atoms with Gasteiger partial charge in [-0.2, -0.15) is 10.2 Å². The highest BCUT2D eigenvalue weighted by molar-refractivity contribution is 7.80. The zero-order valence-corrected chi connectivity index (χ0v) is 16.8. The summed E-state index contributed by atoms with van der Waals surface area (Å²) in [5, 5.41) is 14.3. The minimum Gasteiger partial charge on any atom is -0.358 e. The topological polar surface area (TPSA) is 59.7 Å². The van der Waals surface area contributed by atoms with E-state index in [-0.39, 0.29) is 10.9 Å². The number of hydrogen-bond donors (Lipinski definition) is 2. The van der Waals surface area contributed by atoms with E-state index in [1.807, 2.05) is 20.0 Å². The summed E-state index contributed by atoms with van der Waals surface area (Å²) in [6, 6.07) is 1.44. The van der Waals surface area contributed by atoms with Crippen molar-refractivity contribution in [3.8, 4) is 0 Å². The molecule has 0 radical (unpaired) electrons. The summed E-state index contributed by atoms with van der Waals surface area (Å²) in [5.41, 5.74) is 0.835. The molecule has 0 bridgehead atoms. The number of aryl methyl sites for hydroxylation is 2. The molecule has 0 unspecified atom stereocenters. The van der Waals surface area contributed by atoms with E-state index in [9.17, 15) is 22.0 Å². The Balaban J connectivity index is 1.64. The minimum atomic E-state index is -2.20. The molecule has 30 heavy (non-hydrogen) atoms. The van der Waals surface area contributed by atoms with E-state index in [0.29, 0.717) is 6.54 Å². The van der Waals surface area contributed by atoms with Crippen LogP contribution in [0.3, 0.4) is 0 Å². The normalized spacial score (nSPS) is 11.0. The molecule has 0 amide bonds. The van der Waals surface area contributed by atoms with E-state index in [0.717, 1.165) is 22.5 Å². The third-order valence-electron chi connectivity index (χ3n) is 4.31. The van der Waals surface area contributed by atoms with Crippen LogP contribution in [0.25, 0.3) is 0 Å². The zero-order valence-electron chi connectivity index (χ0n) is 15.9. The SMILES string of the molecule is CCn1cc(CNC(=S)Nc2ccn(Cc3c(F)c(F)c(F)c(F)c3F)n2)c(C)n1. The number of thiocarbonyl (C=S) groups is 1. The Morgan fingerprint density at radius 1 is 1.00 bits per heavy atom. The molecule has 160 valence electrons. The lowest BCUT2D eigenvalue weighted by molar-refractivity contribution is 0.367. The van der Waals surface area contributed by atoms with Crippen LogP contribution in [0.15, 0.2) is 18.5 Å². The lowest BCUT2D eigenvalue weighted by Crippen LogP contribution is -2.28. The van der Waals surface area contributed by atoms with Gasteiger partial charge in [0.25, 0.3) is 0 Å². The van der Waals surface area contributed by atoms with Gasteiger partial charge in [0, 0.05) is 37.1 Å². The molecular weight excluding hydrogens is 427 g/mol. The molecule has 0 aliphatic heterocycles. The van der Waals surface area contributed by atoms with Gasteiger partial charge in [0.1, 0.15) is 0 Å². The van der Waals surface area contributed by atoms with Crippen LogP contribution in [0.5, 0.6) is 0 Å². The van der Waals surface area contributed by atoms with Gasteiger partial charge in [-0.15, -0.1) is 0 Å². The first-order valence-corrected chi connectivity index (χ1v) is 9.23. The van der Waals surface area contributed by atoms with Crippen molar-refractivity contribution >= 4 is 23.1 Å². The quantitative estimate of drug-likeness (QED) is 0.263. The maximum absolute atomic E-state index is 13.8. The van der Waals surface area contributed by atoms with E-state index >= 15 is 0 Å². The second-order valence-corrected chi connectivity index (χ2v) is 6.76. The predicted molar refractivity (Wildman–Crippen MR) is 103 cm³/mol. The van der Waals surface area contributed by atoms with Gasteiger partial charge in [0.05, 0.1) is 17.8 Å². The fraction of sp³-hybridized carbons (Fsp3) is 0.278. The molecule has 3 rings (SSSR count). The van der Waals surface area contributed by atoms with Gasteiger partial charge in [0.15, 0.2) is 34.2 Å². The average Bonchev–Trinajstić information content (AvgIpc) is 3.32. The number of benzene rings is 1. The average molecular weight is 444 g/mol. The van der Waals surface area contributed by atoms with E-state index in [1.165, 1.54) is 12.3 Å². The third kappa shape index (κ3) is 4.42. The number of hydrogen-bond acceptors (Lipinski definition) is 3. The molecule has 6 nitrogen and oxygen atoms in total. The summed E-state index contributed by atoms with van der Waals surface area (Å²) < 4.78 is 70.2. The molecule has 12 heteroatoms. The molecule has 0 saturated carbocycles. The molecule has 0 atom stereocenters. The summed E-state index contributed by atoms with van der Waals surface area (Å²) in [4.78, 5) is 0. The molecule has 2 N–H and O–H groups in total. The first kappa shape index (κ1) is 21.7. The van der Waals surface area contributed by atoms with Gasteiger partial charge in [0.2, 0.25) is 5.82 Å². The van der Waals surface area contributed by atoms with Gasteiger partial charge in [-0.05, 0) is 26.1 Å². The Bertz CT molecular complexity index is 1060. The van der Waals surface area contributed by atoms with Gasteiger partial charge in [-0.1, -0.05) is 0 Å². The van der Waals surface area contributed by atoms with E-state index < -0.39 is 41.2 Å². The molecule has 0 aliphatic carbocycles. The van der Waals surface area contributed by atoms with Crippen molar-refractivity contribution in [2.45, 2.75) is 33.5 Å². The van der Waals surface area contributed by atoms with Crippen LogP contribution >= 0.6 is 12.2 Å². The van der Waals surface area contributed by atoms with Gasteiger partial charge >= 0.3 is 0 Å². The van der Waals surface area contributed by atoms with Crippen LogP contribution in [-0.2, 0) is 19.6 Å². The molecule has 0 spiro atoms. The summed E-state index contributed by atoms with van der Waals surface area (Å²) in [5.74, 6) is -9.75. The van der Waals surface area contributed by atoms with Crippen LogP contribution in [0.4, 0.5) is 27.8 Å². The monoisotopic (exact) mass is 444 g/mol. The highest BCUT2D eigenvalue weighted by Crippen LogP contribution is 2.23. The Morgan fingerprint density at radius 3 is 2.23 bits per heavy atom. The van der Waals surface area contributed by atoms with Crippen LogP contribution in [0, 0.1) is 36.0 Å². The summed E-state index contributed by atoms with van der Waals surface area (Å²) in [6.07, 6.45) is 3.21. The maximum atomic E-state index is 13.8. The molecule has 0 fully saturated rings. The van der Waals surface area contributed by atoms with Gasteiger partial charge in [-0.3, -0.25) is 9.36 Å². The smallest absolute Gasteiger partial charge is 0.200 e. The summed E-state index contributed by atoms with van der Waals surface area (Å²) in [6.45, 7) is 4.36. The fourth-order valence-electron chi connectivity index (χ4n) is 2.70. The first-order valence-electron chi connectivity index (χ1n) is 8.82. The zero-order chi connectivity index (χ0) is 22.0. The highest BCUT2D eigenvalue weighted by atomic mass is 32.1. The van der Waals surface area contributed by atoms with Gasteiger partial charge < -0.3 is 10.6 Å². The molecule has 3 aromatic rings. The van der Waals surface area contributed by atoms with Crippen LogP contribution < -0.4 is 10.6 Å². The predicted octanol–water partition coefficient (Wildman–Crippen LogP) is 3.64.